The second-order valence-electron chi connectivity index (χ2n) is 6.16. The van der Waals surface area contributed by atoms with Crippen LogP contribution in [0.1, 0.15) is 44.2 Å². The number of amides is 1. The molecule has 134 valence electrons. The van der Waals surface area contributed by atoms with E-state index < -0.39 is 30.0 Å². The lowest BCUT2D eigenvalue weighted by atomic mass is 10.1. The van der Waals surface area contributed by atoms with Crippen LogP contribution in [-0.4, -0.2) is 36.1 Å². The van der Waals surface area contributed by atoms with Crippen molar-refractivity contribution in [2.24, 2.45) is 0 Å². The number of alkyl halides is 3. The summed E-state index contributed by atoms with van der Waals surface area (Å²) in [6.07, 6.45) is -0.611. The standard InChI is InChI=1S/C17H22F4N2O/c1-12(23-10-4-2-3-5-11-23)16(24)22-15(17(19,20)21)13-6-8-14(18)9-7-13/h6-9,12,15H,2-5,10-11H2,1H3,(H,22,24). The number of carbonyl (C=O) groups excluding carboxylic acids is 1. The van der Waals surface area contributed by atoms with E-state index >= 15 is 0 Å². The Hall–Kier alpha value is -1.63. The van der Waals surface area contributed by atoms with Crippen LogP contribution in [0.3, 0.4) is 0 Å². The molecule has 1 aromatic carbocycles. The van der Waals surface area contributed by atoms with E-state index in [9.17, 15) is 22.4 Å². The minimum atomic E-state index is -4.65. The number of nitrogens with zero attached hydrogens (tertiary/aromatic N) is 1. The minimum Gasteiger partial charge on any atom is -0.339 e. The number of halogens is 4. The fourth-order valence-corrected chi connectivity index (χ4v) is 2.92. The van der Waals surface area contributed by atoms with Crippen LogP contribution >= 0.6 is 0 Å². The Morgan fingerprint density at radius 1 is 1.08 bits per heavy atom. The summed E-state index contributed by atoms with van der Waals surface area (Å²) in [5.74, 6) is -1.28. The van der Waals surface area contributed by atoms with Gasteiger partial charge in [-0.25, -0.2) is 4.39 Å². The Kier molecular flexibility index (Phi) is 6.21. The number of hydrogen-bond acceptors (Lipinski definition) is 2. The van der Waals surface area contributed by atoms with Gasteiger partial charge in [0, 0.05) is 0 Å². The lowest BCUT2D eigenvalue weighted by Gasteiger charge is -2.29. The number of nitrogens with one attached hydrogen (secondary N) is 1. The Balaban J connectivity index is 2.10. The van der Waals surface area contributed by atoms with Crippen LogP contribution in [0.5, 0.6) is 0 Å². The molecule has 1 aromatic rings. The molecule has 0 spiro atoms. The second kappa shape index (κ2) is 7.96. The van der Waals surface area contributed by atoms with Crippen LogP contribution in [0.15, 0.2) is 24.3 Å². The van der Waals surface area contributed by atoms with Gasteiger partial charge in [0.2, 0.25) is 5.91 Å². The first-order valence-electron chi connectivity index (χ1n) is 8.15. The van der Waals surface area contributed by atoms with Gasteiger partial charge in [0.15, 0.2) is 6.04 Å². The van der Waals surface area contributed by atoms with Gasteiger partial charge in [-0.05, 0) is 50.6 Å². The first-order chi connectivity index (χ1) is 11.3. The fourth-order valence-electron chi connectivity index (χ4n) is 2.92. The number of hydrogen-bond donors (Lipinski definition) is 1. The molecule has 0 aromatic heterocycles. The lowest BCUT2D eigenvalue weighted by Crippen LogP contribution is -2.49. The van der Waals surface area contributed by atoms with Crippen molar-refractivity contribution in [2.45, 2.75) is 50.9 Å². The van der Waals surface area contributed by atoms with Crippen molar-refractivity contribution < 1.29 is 22.4 Å². The van der Waals surface area contributed by atoms with Gasteiger partial charge < -0.3 is 5.32 Å². The predicted octanol–water partition coefficient (Wildman–Crippen LogP) is 3.81. The molecule has 7 heteroatoms. The summed E-state index contributed by atoms with van der Waals surface area (Å²) in [5.41, 5.74) is -0.180. The highest BCUT2D eigenvalue weighted by Gasteiger charge is 2.42. The van der Waals surface area contributed by atoms with Crippen LogP contribution in [0.4, 0.5) is 17.6 Å². The van der Waals surface area contributed by atoms with E-state index in [0.717, 1.165) is 49.9 Å². The van der Waals surface area contributed by atoms with Crippen LogP contribution in [0.2, 0.25) is 0 Å². The van der Waals surface area contributed by atoms with Crippen molar-refractivity contribution >= 4 is 5.91 Å². The lowest BCUT2D eigenvalue weighted by molar-refractivity contribution is -0.164. The molecule has 2 rings (SSSR count). The zero-order chi connectivity index (χ0) is 17.7. The van der Waals surface area contributed by atoms with Crippen molar-refractivity contribution in [3.8, 4) is 0 Å². The van der Waals surface area contributed by atoms with E-state index in [2.05, 4.69) is 5.32 Å². The molecule has 3 nitrogen and oxygen atoms in total. The number of carbonyl (C=O) groups is 1. The molecule has 0 bridgehead atoms. The van der Waals surface area contributed by atoms with E-state index in [-0.39, 0.29) is 5.56 Å². The molecule has 2 unspecified atom stereocenters. The highest BCUT2D eigenvalue weighted by atomic mass is 19.4. The summed E-state index contributed by atoms with van der Waals surface area (Å²) in [6, 6.07) is 1.24. The molecule has 0 aliphatic carbocycles. The maximum Gasteiger partial charge on any atom is 0.412 e. The van der Waals surface area contributed by atoms with E-state index in [1.165, 1.54) is 0 Å². The Bertz CT molecular complexity index is 537. The van der Waals surface area contributed by atoms with Crippen molar-refractivity contribution in [3.63, 3.8) is 0 Å². The van der Waals surface area contributed by atoms with E-state index in [4.69, 9.17) is 0 Å². The van der Waals surface area contributed by atoms with E-state index in [0.29, 0.717) is 13.1 Å². The molecule has 1 fully saturated rings. The van der Waals surface area contributed by atoms with Crippen molar-refractivity contribution in [1.29, 1.82) is 0 Å². The molecule has 24 heavy (non-hydrogen) atoms. The van der Waals surface area contributed by atoms with Gasteiger partial charge in [-0.15, -0.1) is 0 Å². The van der Waals surface area contributed by atoms with Gasteiger partial charge in [-0.1, -0.05) is 25.0 Å². The Labute approximate surface area is 139 Å². The van der Waals surface area contributed by atoms with Gasteiger partial charge in [-0.2, -0.15) is 13.2 Å². The van der Waals surface area contributed by atoms with Crippen LogP contribution < -0.4 is 5.32 Å². The number of likely N-dealkylation sites (tertiary alicyclic amines) is 1. The maximum absolute atomic E-state index is 13.3. The molecule has 0 saturated carbocycles. The summed E-state index contributed by atoms with van der Waals surface area (Å²) in [6.45, 7) is 3.04. The van der Waals surface area contributed by atoms with E-state index in [1.54, 1.807) is 6.92 Å². The minimum absolute atomic E-state index is 0.180. The van der Waals surface area contributed by atoms with E-state index in [1.807, 2.05) is 4.90 Å². The Morgan fingerprint density at radius 3 is 2.12 bits per heavy atom. The SMILES string of the molecule is CC(C(=O)NC(c1ccc(F)cc1)C(F)(F)F)N1CCCCCC1. The molecule has 1 aliphatic rings. The van der Waals surface area contributed by atoms with Gasteiger partial charge in [0.25, 0.3) is 0 Å². The normalized spacial score (nSPS) is 19.4. The highest BCUT2D eigenvalue weighted by molar-refractivity contribution is 5.81. The third-order valence-corrected chi connectivity index (χ3v) is 4.39. The van der Waals surface area contributed by atoms with Gasteiger partial charge in [0.05, 0.1) is 6.04 Å². The molecule has 1 amide bonds. The smallest absolute Gasteiger partial charge is 0.339 e. The number of benzene rings is 1. The summed E-state index contributed by atoms with van der Waals surface area (Å²) >= 11 is 0. The zero-order valence-corrected chi connectivity index (χ0v) is 13.6. The first kappa shape index (κ1) is 18.7. The molecule has 1 heterocycles. The zero-order valence-electron chi connectivity index (χ0n) is 13.6. The predicted molar refractivity (Wildman–Crippen MR) is 82.8 cm³/mol. The molecule has 0 radical (unpaired) electrons. The van der Waals surface area contributed by atoms with Crippen LogP contribution in [-0.2, 0) is 4.79 Å². The first-order valence-corrected chi connectivity index (χ1v) is 8.15. The van der Waals surface area contributed by atoms with Crippen LogP contribution in [0, 0.1) is 5.82 Å². The summed E-state index contributed by atoms with van der Waals surface area (Å²) in [7, 11) is 0. The van der Waals surface area contributed by atoms with Crippen LogP contribution in [0.25, 0.3) is 0 Å². The second-order valence-corrected chi connectivity index (χ2v) is 6.16. The molecule has 1 aliphatic heterocycles. The summed E-state index contributed by atoms with van der Waals surface area (Å²) in [5, 5.41) is 2.08. The molecular formula is C17H22F4N2O. The maximum atomic E-state index is 13.3. The quantitative estimate of drug-likeness (QED) is 0.841. The van der Waals surface area contributed by atoms with Gasteiger partial charge >= 0.3 is 6.18 Å². The van der Waals surface area contributed by atoms with Crippen molar-refractivity contribution in [1.82, 2.24) is 10.2 Å². The molecule has 1 N–H and O–H groups in total. The van der Waals surface area contributed by atoms with Crippen molar-refractivity contribution in [3.05, 3.63) is 35.6 Å². The average molecular weight is 346 g/mol. The molecule has 2 atom stereocenters. The molecule has 1 saturated heterocycles. The highest BCUT2D eigenvalue weighted by Crippen LogP contribution is 2.33. The van der Waals surface area contributed by atoms with Gasteiger partial charge in [-0.3, -0.25) is 9.69 Å². The average Bonchev–Trinajstić information content (AvgIpc) is 2.81. The summed E-state index contributed by atoms with van der Waals surface area (Å²) in [4.78, 5) is 14.2. The van der Waals surface area contributed by atoms with Crippen molar-refractivity contribution in [2.75, 3.05) is 13.1 Å². The Morgan fingerprint density at radius 2 is 1.62 bits per heavy atom. The topological polar surface area (TPSA) is 32.3 Å². The fraction of sp³-hybridized carbons (Fsp3) is 0.588. The molecular weight excluding hydrogens is 324 g/mol. The third-order valence-electron chi connectivity index (χ3n) is 4.39. The van der Waals surface area contributed by atoms with Gasteiger partial charge in [0.1, 0.15) is 5.82 Å². The third kappa shape index (κ3) is 4.93. The summed E-state index contributed by atoms with van der Waals surface area (Å²) < 4.78 is 52.9. The largest absolute Gasteiger partial charge is 0.412 e. The number of rotatable bonds is 4. The monoisotopic (exact) mass is 346 g/mol.